The van der Waals surface area contributed by atoms with Gasteiger partial charge >= 0.3 is 0 Å². The van der Waals surface area contributed by atoms with Crippen LogP contribution in [-0.2, 0) is 4.79 Å². The van der Waals surface area contributed by atoms with E-state index in [1.165, 1.54) is 12.8 Å². The van der Waals surface area contributed by atoms with E-state index in [1.807, 2.05) is 25.8 Å². The van der Waals surface area contributed by atoms with Gasteiger partial charge in [-0.15, -0.1) is 0 Å². The third kappa shape index (κ3) is 3.69. The third-order valence-corrected chi connectivity index (χ3v) is 4.46. The normalized spacial score (nSPS) is 21.6. The van der Waals surface area contributed by atoms with Crippen molar-refractivity contribution >= 4 is 5.91 Å². The molecule has 1 saturated heterocycles. The van der Waals surface area contributed by atoms with Crippen LogP contribution in [-0.4, -0.2) is 56.0 Å². The van der Waals surface area contributed by atoms with E-state index in [1.54, 1.807) is 0 Å². The Morgan fingerprint density at radius 2 is 2.00 bits per heavy atom. The molecule has 18 heavy (non-hydrogen) atoms. The highest BCUT2D eigenvalue weighted by Crippen LogP contribution is 2.24. The minimum atomic E-state index is -0.389. The Balaban J connectivity index is 2.49. The number of nitrogens with zero attached hydrogens (tertiary/aromatic N) is 2. The lowest BCUT2D eigenvalue weighted by Crippen LogP contribution is -2.46. The van der Waals surface area contributed by atoms with Crippen molar-refractivity contribution in [2.75, 3.05) is 40.3 Å². The van der Waals surface area contributed by atoms with Crippen LogP contribution in [0.25, 0.3) is 0 Å². The number of amides is 1. The Morgan fingerprint density at radius 1 is 1.44 bits per heavy atom. The van der Waals surface area contributed by atoms with Gasteiger partial charge in [0.15, 0.2) is 0 Å². The Kier molecular flexibility index (Phi) is 5.60. The number of piperidine rings is 1. The van der Waals surface area contributed by atoms with Gasteiger partial charge in [0.2, 0.25) is 5.91 Å². The largest absolute Gasteiger partial charge is 0.345 e. The molecule has 0 saturated carbocycles. The number of carbonyl (C=O) groups excluding carboxylic acids is 1. The van der Waals surface area contributed by atoms with Gasteiger partial charge in [-0.3, -0.25) is 4.79 Å². The van der Waals surface area contributed by atoms with E-state index < -0.39 is 0 Å². The van der Waals surface area contributed by atoms with Gasteiger partial charge in [0.1, 0.15) is 0 Å². The second kappa shape index (κ2) is 6.53. The molecule has 1 amide bonds. The second-order valence-electron chi connectivity index (χ2n) is 6.05. The molecule has 0 spiro atoms. The van der Waals surface area contributed by atoms with Crippen molar-refractivity contribution in [3.05, 3.63) is 0 Å². The quantitative estimate of drug-likeness (QED) is 0.802. The molecule has 106 valence electrons. The lowest BCUT2D eigenvalue weighted by Gasteiger charge is -2.35. The van der Waals surface area contributed by atoms with E-state index in [0.717, 1.165) is 26.1 Å². The molecule has 1 heterocycles. The number of nitrogens with two attached hydrogens (primary N) is 1. The second-order valence-corrected chi connectivity index (χ2v) is 6.05. The van der Waals surface area contributed by atoms with Gasteiger partial charge in [0.05, 0.1) is 5.41 Å². The zero-order valence-electron chi connectivity index (χ0n) is 12.4. The van der Waals surface area contributed by atoms with Crippen LogP contribution >= 0.6 is 0 Å². The first-order valence-corrected chi connectivity index (χ1v) is 7.07. The van der Waals surface area contributed by atoms with E-state index in [-0.39, 0.29) is 11.3 Å². The highest BCUT2D eigenvalue weighted by atomic mass is 16.2. The summed E-state index contributed by atoms with van der Waals surface area (Å²) in [5, 5.41) is 0. The van der Waals surface area contributed by atoms with Gasteiger partial charge < -0.3 is 15.5 Å². The molecule has 2 N–H and O–H groups in total. The number of carbonyl (C=O) groups is 1. The van der Waals surface area contributed by atoms with E-state index in [4.69, 9.17) is 5.73 Å². The topological polar surface area (TPSA) is 49.6 Å². The SMILES string of the molecule is CCC(C)(CN)C(=O)N(C)CC1CCN(C)CC1. The molecule has 4 nitrogen and oxygen atoms in total. The van der Waals surface area contributed by atoms with E-state index in [0.29, 0.717) is 12.5 Å². The van der Waals surface area contributed by atoms with Crippen molar-refractivity contribution in [3.8, 4) is 0 Å². The van der Waals surface area contributed by atoms with Gasteiger partial charge in [0, 0.05) is 20.1 Å². The lowest BCUT2D eigenvalue weighted by atomic mass is 9.85. The average molecular weight is 255 g/mol. The molecule has 1 aliphatic rings. The fraction of sp³-hybridized carbons (Fsp3) is 0.929. The summed E-state index contributed by atoms with van der Waals surface area (Å²) in [6, 6.07) is 0. The number of hydrogen-bond acceptors (Lipinski definition) is 3. The van der Waals surface area contributed by atoms with E-state index >= 15 is 0 Å². The molecule has 0 radical (unpaired) electrons. The molecule has 0 aromatic heterocycles. The van der Waals surface area contributed by atoms with Crippen LogP contribution in [0.15, 0.2) is 0 Å². The first-order chi connectivity index (χ1) is 8.42. The van der Waals surface area contributed by atoms with Crippen LogP contribution in [0.3, 0.4) is 0 Å². The molecular formula is C14H29N3O. The molecule has 1 aliphatic heterocycles. The number of rotatable bonds is 5. The first kappa shape index (κ1) is 15.4. The summed E-state index contributed by atoms with van der Waals surface area (Å²) >= 11 is 0. The van der Waals surface area contributed by atoms with Crippen molar-refractivity contribution in [1.82, 2.24) is 9.80 Å². The van der Waals surface area contributed by atoms with Gasteiger partial charge in [-0.25, -0.2) is 0 Å². The van der Waals surface area contributed by atoms with Gasteiger partial charge in [-0.05, 0) is 52.2 Å². The zero-order valence-corrected chi connectivity index (χ0v) is 12.4. The first-order valence-electron chi connectivity index (χ1n) is 7.07. The van der Waals surface area contributed by atoms with Crippen molar-refractivity contribution in [2.45, 2.75) is 33.1 Å². The molecule has 0 bridgehead atoms. The van der Waals surface area contributed by atoms with Crippen LogP contribution < -0.4 is 5.73 Å². The third-order valence-electron chi connectivity index (χ3n) is 4.46. The fourth-order valence-corrected chi connectivity index (χ4v) is 2.56. The molecule has 1 fully saturated rings. The van der Waals surface area contributed by atoms with Crippen LogP contribution in [0.1, 0.15) is 33.1 Å². The van der Waals surface area contributed by atoms with Crippen LogP contribution in [0.5, 0.6) is 0 Å². The summed E-state index contributed by atoms with van der Waals surface area (Å²) < 4.78 is 0. The zero-order chi connectivity index (χ0) is 13.8. The minimum absolute atomic E-state index is 0.200. The van der Waals surface area contributed by atoms with Crippen molar-refractivity contribution in [2.24, 2.45) is 17.1 Å². The maximum atomic E-state index is 12.4. The summed E-state index contributed by atoms with van der Waals surface area (Å²) in [4.78, 5) is 16.7. The van der Waals surface area contributed by atoms with Crippen LogP contribution in [0, 0.1) is 11.3 Å². The van der Waals surface area contributed by atoms with Crippen molar-refractivity contribution < 1.29 is 4.79 Å². The van der Waals surface area contributed by atoms with E-state index in [9.17, 15) is 4.79 Å². The summed E-state index contributed by atoms with van der Waals surface area (Å²) in [7, 11) is 4.08. The molecule has 4 heteroatoms. The van der Waals surface area contributed by atoms with Crippen molar-refractivity contribution in [1.29, 1.82) is 0 Å². The van der Waals surface area contributed by atoms with E-state index in [2.05, 4.69) is 11.9 Å². The lowest BCUT2D eigenvalue weighted by molar-refractivity contribution is -0.140. The van der Waals surface area contributed by atoms with Gasteiger partial charge in [0.25, 0.3) is 0 Å². The summed E-state index contributed by atoms with van der Waals surface area (Å²) in [6.07, 6.45) is 3.19. The van der Waals surface area contributed by atoms with Gasteiger partial charge in [-0.2, -0.15) is 0 Å². The van der Waals surface area contributed by atoms with Crippen LogP contribution in [0.4, 0.5) is 0 Å². The molecule has 1 unspecified atom stereocenters. The smallest absolute Gasteiger partial charge is 0.229 e. The predicted molar refractivity (Wildman–Crippen MR) is 75.3 cm³/mol. The maximum Gasteiger partial charge on any atom is 0.229 e. The van der Waals surface area contributed by atoms with Gasteiger partial charge in [-0.1, -0.05) is 6.92 Å². The molecule has 1 atom stereocenters. The average Bonchev–Trinajstić information content (AvgIpc) is 2.39. The standard InChI is InChI=1S/C14H29N3O/c1-5-14(2,11-15)13(18)17(4)10-12-6-8-16(3)9-7-12/h12H,5-11,15H2,1-4H3. The molecule has 0 aromatic rings. The van der Waals surface area contributed by atoms with Crippen LogP contribution in [0.2, 0.25) is 0 Å². The Bertz CT molecular complexity index is 268. The number of hydrogen-bond donors (Lipinski definition) is 1. The Morgan fingerprint density at radius 3 is 2.44 bits per heavy atom. The summed E-state index contributed by atoms with van der Waals surface area (Å²) in [5.41, 5.74) is 5.36. The highest BCUT2D eigenvalue weighted by molar-refractivity contribution is 5.82. The summed E-state index contributed by atoms with van der Waals surface area (Å²) in [6.45, 7) is 7.61. The molecule has 1 rings (SSSR count). The predicted octanol–water partition coefficient (Wildman–Crippen LogP) is 1.16. The molecular weight excluding hydrogens is 226 g/mol. The minimum Gasteiger partial charge on any atom is -0.345 e. The Hall–Kier alpha value is -0.610. The monoisotopic (exact) mass is 255 g/mol. The molecule has 0 aromatic carbocycles. The fourth-order valence-electron chi connectivity index (χ4n) is 2.56. The van der Waals surface area contributed by atoms with Crippen molar-refractivity contribution in [3.63, 3.8) is 0 Å². The summed E-state index contributed by atoms with van der Waals surface area (Å²) in [5.74, 6) is 0.848. The number of likely N-dealkylation sites (tertiary alicyclic amines) is 1. The highest BCUT2D eigenvalue weighted by Gasteiger charge is 2.33. The maximum absolute atomic E-state index is 12.4. The Labute approximate surface area is 111 Å². The molecule has 0 aliphatic carbocycles.